The molecule has 1 aliphatic rings. The summed E-state index contributed by atoms with van der Waals surface area (Å²) in [5.74, 6) is -3.29. The van der Waals surface area contributed by atoms with Gasteiger partial charge < -0.3 is 10.1 Å². The van der Waals surface area contributed by atoms with Gasteiger partial charge in [-0.2, -0.15) is 0 Å². The van der Waals surface area contributed by atoms with Gasteiger partial charge in [0.15, 0.2) is 0 Å². The van der Waals surface area contributed by atoms with E-state index in [1.807, 2.05) is 0 Å². The molecule has 0 saturated carbocycles. The van der Waals surface area contributed by atoms with Gasteiger partial charge in [-0.3, -0.25) is 9.78 Å². The van der Waals surface area contributed by atoms with Crippen molar-refractivity contribution in [2.24, 2.45) is 5.92 Å². The Labute approximate surface area is 195 Å². The summed E-state index contributed by atoms with van der Waals surface area (Å²) in [7, 11) is 0. The molecule has 1 fully saturated rings. The number of rotatable bonds is 5. The van der Waals surface area contributed by atoms with E-state index in [9.17, 15) is 18.0 Å². The smallest absolute Gasteiger partial charge is 0.274 e. The standard InChI is InChI=1S/C26H24F3N3O2/c1-14(2)22-11-15(3)12-23(34-22)16-9-10-30-13-21(16)32-26(33)20-8-7-19(29)25(31-20)24-17(27)5-4-6-18(24)28/h4-10,13-14,22-23H,3,11-12H2,1-2H3,(H,32,33). The van der Waals surface area contributed by atoms with Gasteiger partial charge in [0.25, 0.3) is 5.91 Å². The highest BCUT2D eigenvalue weighted by molar-refractivity contribution is 6.03. The third kappa shape index (κ3) is 4.87. The largest absolute Gasteiger partial charge is 0.369 e. The first kappa shape index (κ1) is 23.6. The van der Waals surface area contributed by atoms with Crippen molar-refractivity contribution in [1.82, 2.24) is 9.97 Å². The van der Waals surface area contributed by atoms with E-state index in [2.05, 4.69) is 35.7 Å². The number of benzene rings is 1. The molecule has 0 bridgehead atoms. The summed E-state index contributed by atoms with van der Waals surface area (Å²) in [6, 6.07) is 7.02. The molecule has 1 N–H and O–H groups in total. The van der Waals surface area contributed by atoms with Gasteiger partial charge in [-0.05, 0) is 49.1 Å². The van der Waals surface area contributed by atoms with Crippen LogP contribution in [-0.2, 0) is 4.74 Å². The fourth-order valence-corrected chi connectivity index (χ4v) is 3.96. The van der Waals surface area contributed by atoms with Crippen molar-refractivity contribution in [3.8, 4) is 11.3 Å². The Morgan fingerprint density at radius 2 is 1.82 bits per heavy atom. The quantitative estimate of drug-likeness (QED) is 0.451. The van der Waals surface area contributed by atoms with Gasteiger partial charge in [0.2, 0.25) is 0 Å². The zero-order valence-corrected chi connectivity index (χ0v) is 18.8. The van der Waals surface area contributed by atoms with Crippen LogP contribution < -0.4 is 5.32 Å². The van der Waals surface area contributed by atoms with Gasteiger partial charge in [0.1, 0.15) is 28.8 Å². The zero-order chi connectivity index (χ0) is 24.4. The van der Waals surface area contributed by atoms with Crippen LogP contribution in [-0.4, -0.2) is 22.0 Å². The van der Waals surface area contributed by atoms with E-state index in [1.165, 1.54) is 12.3 Å². The third-order valence-corrected chi connectivity index (χ3v) is 5.77. The Morgan fingerprint density at radius 3 is 2.53 bits per heavy atom. The molecule has 1 saturated heterocycles. The van der Waals surface area contributed by atoms with Gasteiger partial charge in [-0.25, -0.2) is 18.2 Å². The number of anilines is 1. The molecule has 8 heteroatoms. The molecule has 4 rings (SSSR count). The topological polar surface area (TPSA) is 64.1 Å². The molecule has 2 atom stereocenters. The second-order valence-corrected chi connectivity index (χ2v) is 8.61. The number of amides is 1. The molecule has 1 aliphatic heterocycles. The van der Waals surface area contributed by atoms with E-state index >= 15 is 0 Å². The van der Waals surface area contributed by atoms with Gasteiger partial charge >= 0.3 is 0 Å². The Morgan fingerprint density at radius 1 is 1.09 bits per heavy atom. The predicted molar refractivity (Wildman–Crippen MR) is 123 cm³/mol. The van der Waals surface area contributed by atoms with E-state index in [-0.39, 0.29) is 17.9 Å². The number of aromatic nitrogens is 2. The second kappa shape index (κ2) is 9.77. The van der Waals surface area contributed by atoms with Crippen LogP contribution in [0.5, 0.6) is 0 Å². The Bertz CT molecular complexity index is 1230. The minimum atomic E-state index is -0.979. The van der Waals surface area contributed by atoms with E-state index in [4.69, 9.17) is 4.74 Å². The van der Waals surface area contributed by atoms with Crippen molar-refractivity contribution < 1.29 is 22.7 Å². The zero-order valence-electron chi connectivity index (χ0n) is 18.8. The molecule has 0 radical (unpaired) electrons. The summed E-state index contributed by atoms with van der Waals surface area (Å²) < 4.78 is 49.0. The molecule has 1 amide bonds. The summed E-state index contributed by atoms with van der Waals surface area (Å²) in [4.78, 5) is 21.0. The van der Waals surface area contributed by atoms with Gasteiger partial charge in [-0.15, -0.1) is 0 Å². The van der Waals surface area contributed by atoms with E-state index in [0.717, 1.165) is 41.8 Å². The van der Waals surface area contributed by atoms with E-state index < -0.39 is 34.6 Å². The fourth-order valence-electron chi connectivity index (χ4n) is 3.96. The fraction of sp³-hybridized carbons (Fsp3) is 0.269. The van der Waals surface area contributed by atoms with Gasteiger partial charge in [-0.1, -0.05) is 32.1 Å². The summed E-state index contributed by atoms with van der Waals surface area (Å²) in [6.45, 7) is 8.28. The van der Waals surface area contributed by atoms with Crippen molar-refractivity contribution in [3.63, 3.8) is 0 Å². The van der Waals surface area contributed by atoms with Crippen molar-refractivity contribution in [3.05, 3.63) is 89.7 Å². The number of pyridine rings is 2. The highest BCUT2D eigenvalue weighted by Gasteiger charge is 2.29. The Balaban J connectivity index is 1.63. The lowest BCUT2D eigenvalue weighted by atomic mass is 9.90. The maximum Gasteiger partial charge on any atom is 0.274 e. The lowest BCUT2D eigenvalue weighted by molar-refractivity contribution is -0.0547. The van der Waals surface area contributed by atoms with Crippen molar-refractivity contribution in [1.29, 1.82) is 0 Å². The minimum absolute atomic E-state index is 0.0000411. The van der Waals surface area contributed by atoms with Crippen LogP contribution in [0.25, 0.3) is 11.3 Å². The van der Waals surface area contributed by atoms with E-state index in [0.29, 0.717) is 18.0 Å². The Kier molecular flexibility index (Phi) is 6.79. The van der Waals surface area contributed by atoms with Gasteiger partial charge in [0, 0.05) is 11.8 Å². The molecule has 0 aliphatic carbocycles. The van der Waals surface area contributed by atoms with Crippen LogP contribution in [0.3, 0.4) is 0 Å². The van der Waals surface area contributed by atoms with Crippen LogP contribution in [0.1, 0.15) is 48.8 Å². The average molecular weight is 467 g/mol. The molecule has 2 aromatic heterocycles. The van der Waals surface area contributed by atoms with E-state index in [1.54, 1.807) is 12.3 Å². The predicted octanol–water partition coefficient (Wildman–Crippen LogP) is 6.25. The molecule has 3 aromatic rings. The maximum atomic E-state index is 14.4. The lowest BCUT2D eigenvalue weighted by Crippen LogP contribution is -2.28. The number of hydrogen-bond acceptors (Lipinski definition) is 4. The lowest BCUT2D eigenvalue weighted by Gasteiger charge is -2.34. The number of carbonyl (C=O) groups excluding carboxylic acids is 1. The second-order valence-electron chi connectivity index (χ2n) is 8.61. The molecule has 34 heavy (non-hydrogen) atoms. The summed E-state index contributed by atoms with van der Waals surface area (Å²) >= 11 is 0. The SMILES string of the molecule is C=C1CC(c2ccncc2NC(=O)c2ccc(F)c(-c3c(F)cccc3F)n2)OC(C(C)C)C1. The van der Waals surface area contributed by atoms with Crippen LogP contribution in [0, 0.1) is 23.4 Å². The molecular formula is C26H24F3N3O2. The summed E-state index contributed by atoms with van der Waals surface area (Å²) in [6.07, 6.45) is 4.14. The van der Waals surface area contributed by atoms with Gasteiger partial charge in [0.05, 0.1) is 29.7 Å². The molecule has 3 heterocycles. The number of halogens is 3. The first-order valence-electron chi connectivity index (χ1n) is 10.9. The summed E-state index contributed by atoms with van der Waals surface area (Å²) in [5, 5.41) is 2.73. The molecule has 0 spiro atoms. The number of nitrogens with zero attached hydrogens (tertiary/aromatic N) is 2. The number of ether oxygens (including phenoxy) is 1. The first-order chi connectivity index (χ1) is 16.2. The number of hydrogen-bond donors (Lipinski definition) is 1. The number of nitrogens with one attached hydrogen (secondary N) is 1. The maximum absolute atomic E-state index is 14.4. The monoisotopic (exact) mass is 467 g/mol. The highest BCUT2D eigenvalue weighted by Crippen LogP contribution is 2.38. The molecule has 1 aromatic carbocycles. The third-order valence-electron chi connectivity index (χ3n) is 5.77. The first-order valence-corrected chi connectivity index (χ1v) is 10.9. The Hall–Kier alpha value is -3.52. The number of carbonyl (C=O) groups is 1. The molecule has 176 valence electrons. The van der Waals surface area contributed by atoms with Crippen molar-refractivity contribution >= 4 is 11.6 Å². The minimum Gasteiger partial charge on any atom is -0.369 e. The van der Waals surface area contributed by atoms with Crippen LogP contribution in [0.15, 0.2) is 60.9 Å². The van der Waals surface area contributed by atoms with Crippen LogP contribution in [0.4, 0.5) is 18.9 Å². The average Bonchev–Trinajstić information content (AvgIpc) is 2.80. The normalized spacial score (nSPS) is 18.2. The molecular weight excluding hydrogens is 443 g/mol. The highest BCUT2D eigenvalue weighted by atomic mass is 19.1. The molecule has 5 nitrogen and oxygen atoms in total. The van der Waals surface area contributed by atoms with Crippen LogP contribution >= 0.6 is 0 Å². The summed E-state index contributed by atoms with van der Waals surface area (Å²) in [5.41, 5.74) is 0.757. The van der Waals surface area contributed by atoms with Crippen molar-refractivity contribution in [2.45, 2.75) is 38.9 Å². The van der Waals surface area contributed by atoms with Crippen LogP contribution in [0.2, 0.25) is 0 Å². The van der Waals surface area contributed by atoms with Crippen molar-refractivity contribution in [2.75, 3.05) is 5.32 Å². The molecule has 2 unspecified atom stereocenters.